The third kappa shape index (κ3) is 3.31. The third-order valence-corrected chi connectivity index (χ3v) is 4.57. The Balaban J connectivity index is 1.62. The number of halogens is 1. The summed E-state index contributed by atoms with van der Waals surface area (Å²) in [5.74, 6) is -0.435. The average Bonchev–Trinajstić information content (AvgIpc) is 2.63. The van der Waals surface area contributed by atoms with Crippen LogP contribution in [0.5, 0.6) is 5.75 Å². The Kier molecular flexibility index (Phi) is 4.19. The van der Waals surface area contributed by atoms with Crippen LogP contribution in [0.25, 0.3) is 11.0 Å². The van der Waals surface area contributed by atoms with Crippen LogP contribution < -0.4 is 20.8 Å². The fourth-order valence-electron chi connectivity index (χ4n) is 2.72. The number of carbonyl (C=O) groups excluding carboxylic acids is 2. The van der Waals surface area contributed by atoms with Crippen molar-refractivity contribution in [2.24, 2.45) is 0 Å². The minimum absolute atomic E-state index is 0.110. The van der Waals surface area contributed by atoms with Crippen LogP contribution in [-0.2, 0) is 4.79 Å². The highest BCUT2D eigenvalue weighted by atomic mass is 79.9. The second-order valence-corrected chi connectivity index (χ2v) is 6.95. The first kappa shape index (κ1) is 17.3. The molecule has 7 nitrogen and oxygen atoms in total. The topological polar surface area (TPSA) is 97.6 Å². The molecule has 3 aromatic rings. The molecule has 0 saturated carbocycles. The summed E-state index contributed by atoms with van der Waals surface area (Å²) in [7, 11) is 0. The van der Waals surface area contributed by atoms with E-state index in [-0.39, 0.29) is 17.1 Å². The Bertz CT molecular complexity index is 1150. The zero-order valence-corrected chi connectivity index (χ0v) is 15.6. The highest BCUT2D eigenvalue weighted by Gasteiger charge is 2.24. The van der Waals surface area contributed by atoms with E-state index in [1.807, 2.05) is 0 Å². The monoisotopic (exact) mass is 428 g/mol. The van der Waals surface area contributed by atoms with Gasteiger partial charge in [-0.3, -0.25) is 14.4 Å². The molecule has 2 heterocycles. The van der Waals surface area contributed by atoms with Gasteiger partial charge in [0.25, 0.3) is 11.8 Å². The van der Waals surface area contributed by atoms with Gasteiger partial charge in [-0.1, -0.05) is 15.9 Å². The van der Waals surface area contributed by atoms with Gasteiger partial charge in [0.1, 0.15) is 11.3 Å². The van der Waals surface area contributed by atoms with Gasteiger partial charge in [0.2, 0.25) is 0 Å². The number of amides is 2. The molecule has 2 aromatic carbocycles. The van der Waals surface area contributed by atoms with Crippen LogP contribution in [0.3, 0.4) is 0 Å². The Morgan fingerprint density at radius 1 is 1.15 bits per heavy atom. The van der Waals surface area contributed by atoms with Crippen molar-refractivity contribution in [1.29, 1.82) is 0 Å². The lowest BCUT2D eigenvalue weighted by atomic mass is 10.2. The molecule has 0 unspecified atom stereocenters. The number of hydrogen-bond acceptors (Lipinski definition) is 5. The van der Waals surface area contributed by atoms with Gasteiger partial charge in [0.15, 0.2) is 17.3 Å². The van der Waals surface area contributed by atoms with Gasteiger partial charge in [-0.25, -0.2) is 0 Å². The second kappa shape index (κ2) is 6.55. The average molecular weight is 429 g/mol. The number of anilines is 2. The summed E-state index contributed by atoms with van der Waals surface area (Å²) in [4.78, 5) is 36.5. The predicted octanol–water partition coefficient (Wildman–Crippen LogP) is 3.53. The zero-order valence-electron chi connectivity index (χ0n) is 14.0. The molecule has 0 spiro atoms. The van der Waals surface area contributed by atoms with Crippen molar-refractivity contribution >= 4 is 50.1 Å². The van der Waals surface area contributed by atoms with Gasteiger partial charge in [-0.15, -0.1) is 0 Å². The van der Waals surface area contributed by atoms with Crippen molar-refractivity contribution < 1.29 is 18.7 Å². The molecular weight excluding hydrogens is 416 g/mol. The first-order valence-corrected chi connectivity index (χ1v) is 8.86. The first-order chi connectivity index (χ1) is 12.9. The van der Waals surface area contributed by atoms with Crippen LogP contribution in [0.15, 0.2) is 56.1 Å². The number of rotatable bonds is 2. The smallest absolute Gasteiger partial charge is 0.291 e. The van der Waals surface area contributed by atoms with Crippen molar-refractivity contribution in [3.8, 4) is 5.75 Å². The van der Waals surface area contributed by atoms with Crippen LogP contribution in [-0.4, -0.2) is 17.9 Å². The number of nitrogens with one attached hydrogen (secondary N) is 2. The maximum absolute atomic E-state index is 12.5. The van der Waals surface area contributed by atoms with Crippen molar-refractivity contribution in [3.05, 3.63) is 62.9 Å². The van der Waals surface area contributed by atoms with Gasteiger partial charge in [-0.2, -0.15) is 0 Å². The van der Waals surface area contributed by atoms with E-state index >= 15 is 0 Å². The molecule has 0 fully saturated rings. The first-order valence-electron chi connectivity index (χ1n) is 8.07. The van der Waals surface area contributed by atoms with E-state index in [2.05, 4.69) is 26.6 Å². The standard InChI is InChI=1S/C19H13BrN2O5/c1-9-18(24)22-13-7-11(3-5-16(13)26-9)21-19(25)17-8-14(23)12-6-10(20)2-4-15(12)27-17/h2-9H,1H3,(H,21,25)(H,22,24)/t9-/m1/s1. The van der Waals surface area contributed by atoms with Gasteiger partial charge < -0.3 is 19.8 Å². The van der Waals surface area contributed by atoms with E-state index in [0.717, 1.165) is 10.5 Å². The molecular formula is C19H13BrN2O5. The molecule has 2 amide bonds. The fraction of sp³-hybridized carbons (Fsp3) is 0.105. The highest BCUT2D eigenvalue weighted by molar-refractivity contribution is 9.10. The molecule has 4 rings (SSSR count). The van der Waals surface area contributed by atoms with Crippen LogP contribution >= 0.6 is 15.9 Å². The van der Waals surface area contributed by atoms with Crippen molar-refractivity contribution in [2.45, 2.75) is 13.0 Å². The van der Waals surface area contributed by atoms with E-state index in [1.165, 1.54) is 0 Å². The number of benzene rings is 2. The van der Waals surface area contributed by atoms with Gasteiger partial charge in [0, 0.05) is 16.2 Å². The lowest BCUT2D eigenvalue weighted by Gasteiger charge is -2.23. The van der Waals surface area contributed by atoms with Crippen LogP contribution in [0, 0.1) is 0 Å². The van der Waals surface area contributed by atoms with Crippen LogP contribution in [0.1, 0.15) is 17.5 Å². The van der Waals surface area contributed by atoms with Crippen molar-refractivity contribution in [2.75, 3.05) is 10.6 Å². The summed E-state index contributed by atoms with van der Waals surface area (Å²) in [5, 5.41) is 5.74. The normalized spacial score (nSPS) is 15.6. The zero-order chi connectivity index (χ0) is 19.1. The van der Waals surface area contributed by atoms with Crippen molar-refractivity contribution in [3.63, 3.8) is 0 Å². The third-order valence-electron chi connectivity index (χ3n) is 4.08. The quantitative estimate of drug-likeness (QED) is 0.650. The Labute approximate surface area is 161 Å². The molecule has 27 heavy (non-hydrogen) atoms. The minimum Gasteiger partial charge on any atom is -0.479 e. The van der Waals surface area contributed by atoms with E-state index in [4.69, 9.17) is 9.15 Å². The summed E-state index contributed by atoms with van der Waals surface area (Å²) in [6.07, 6.45) is -0.579. The molecule has 1 atom stereocenters. The van der Waals surface area contributed by atoms with E-state index in [0.29, 0.717) is 28.1 Å². The molecule has 0 radical (unpaired) electrons. The minimum atomic E-state index is -0.579. The number of fused-ring (bicyclic) bond motifs is 2. The summed E-state index contributed by atoms with van der Waals surface area (Å²) in [5.41, 5.74) is 0.884. The van der Waals surface area contributed by atoms with Gasteiger partial charge in [-0.05, 0) is 43.3 Å². The molecule has 0 bridgehead atoms. The Hall–Kier alpha value is -3.13. The molecule has 1 aliphatic rings. The summed E-state index contributed by atoms with van der Waals surface area (Å²) in [6, 6.07) is 11.0. The number of carbonyl (C=O) groups is 2. The van der Waals surface area contributed by atoms with Gasteiger partial charge in [0.05, 0.1) is 11.1 Å². The molecule has 1 aliphatic heterocycles. The summed E-state index contributed by atoms with van der Waals surface area (Å²) in [6.45, 7) is 1.65. The van der Waals surface area contributed by atoms with Crippen LogP contribution in [0.4, 0.5) is 11.4 Å². The van der Waals surface area contributed by atoms with E-state index < -0.39 is 12.0 Å². The van der Waals surface area contributed by atoms with E-state index in [9.17, 15) is 14.4 Å². The molecule has 0 aliphatic carbocycles. The lowest BCUT2D eigenvalue weighted by molar-refractivity contribution is -0.122. The number of hydrogen-bond donors (Lipinski definition) is 2. The SMILES string of the molecule is C[C@H]1Oc2ccc(NC(=O)c3cc(=O)c4cc(Br)ccc4o3)cc2NC1=O. The molecule has 0 saturated heterocycles. The Morgan fingerprint density at radius 2 is 1.96 bits per heavy atom. The molecule has 136 valence electrons. The molecule has 8 heteroatoms. The maximum atomic E-state index is 12.5. The fourth-order valence-corrected chi connectivity index (χ4v) is 3.08. The second-order valence-electron chi connectivity index (χ2n) is 6.03. The van der Waals surface area contributed by atoms with E-state index in [1.54, 1.807) is 43.3 Å². The van der Waals surface area contributed by atoms with Crippen LogP contribution in [0.2, 0.25) is 0 Å². The largest absolute Gasteiger partial charge is 0.479 e. The van der Waals surface area contributed by atoms with Gasteiger partial charge >= 0.3 is 0 Å². The molecule has 1 aromatic heterocycles. The lowest BCUT2D eigenvalue weighted by Crippen LogP contribution is -2.34. The summed E-state index contributed by atoms with van der Waals surface area (Å²) >= 11 is 3.30. The maximum Gasteiger partial charge on any atom is 0.291 e. The molecule has 2 N–H and O–H groups in total. The summed E-state index contributed by atoms with van der Waals surface area (Å²) < 4.78 is 11.8. The highest BCUT2D eigenvalue weighted by Crippen LogP contribution is 2.32. The van der Waals surface area contributed by atoms with Crippen molar-refractivity contribution in [1.82, 2.24) is 0 Å². The predicted molar refractivity (Wildman–Crippen MR) is 103 cm³/mol. The number of ether oxygens (including phenoxy) is 1. The Morgan fingerprint density at radius 3 is 2.78 bits per heavy atom.